The third kappa shape index (κ3) is 4.92. The smallest absolute Gasteiger partial charge is 0.185 e. The summed E-state index contributed by atoms with van der Waals surface area (Å²) in [4.78, 5) is 11.4. The first-order valence-corrected chi connectivity index (χ1v) is 6.66. The van der Waals surface area contributed by atoms with Crippen molar-refractivity contribution in [1.29, 1.82) is 0 Å². The monoisotopic (exact) mass is 316 g/mol. The molecule has 1 unspecified atom stereocenters. The normalized spacial score (nSPS) is 14.2. The maximum absolute atomic E-state index is 11.4. The zero-order valence-electron chi connectivity index (χ0n) is 9.74. The highest BCUT2D eigenvalue weighted by Gasteiger charge is 2.07. The van der Waals surface area contributed by atoms with Crippen LogP contribution in [0.2, 0.25) is 0 Å². The molecule has 0 aliphatic rings. The fourth-order valence-corrected chi connectivity index (χ4v) is 1.64. The highest BCUT2D eigenvalue weighted by molar-refractivity contribution is 9.09. The zero-order valence-corrected chi connectivity index (χ0v) is 12.1. The predicted molar refractivity (Wildman–Crippen MR) is 75.6 cm³/mol. The van der Waals surface area contributed by atoms with Crippen LogP contribution in [0.25, 0.3) is 6.08 Å². The molecule has 0 spiro atoms. The van der Waals surface area contributed by atoms with Crippen molar-refractivity contribution in [3.63, 3.8) is 0 Å². The van der Waals surface area contributed by atoms with Crippen LogP contribution in [0.3, 0.4) is 0 Å². The summed E-state index contributed by atoms with van der Waals surface area (Å²) in [6.07, 6.45) is 6.74. The molecule has 0 saturated carbocycles. The second kappa shape index (κ2) is 6.82. The lowest BCUT2D eigenvalue weighted by Gasteiger charge is -2.01. The van der Waals surface area contributed by atoms with E-state index in [0.717, 1.165) is 12.0 Å². The molecule has 1 rings (SSSR count). The fraction of sp³-hybridized carbons (Fsp3) is 0.308. The average molecular weight is 318 g/mol. The minimum atomic E-state index is -0.490. The Bertz CT molecular complexity index is 486. The second-order valence-corrected chi connectivity index (χ2v) is 5.47. The summed E-state index contributed by atoms with van der Waals surface area (Å²) in [5.74, 6) is 0.914. The molecule has 4 heteroatoms. The van der Waals surface area contributed by atoms with Gasteiger partial charge in [0.15, 0.2) is 5.43 Å². The van der Waals surface area contributed by atoms with Crippen molar-refractivity contribution in [2.75, 3.05) is 0 Å². The van der Waals surface area contributed by atoms with Gasteiger partial charge in [-0.25, -0.2) is 0 Å². The Balaban J connectivity index is 2.99. The molecule has 0 amide bonds. The molecule has 1 heterocycles. The Kier molecular flexibility index (Phi) is 5.72. The number of allylic oxidation sites excluding steroid dienone is 3. The van der Waals surface area contributed by atoms with Crippen LogP contribution >= 0.6 is 27.5 Å². The van der Waals surface area contributed by atoms with Gasteiger partial charge in [-0.2, -0.15) is 0 Å². The van der Waals surface area contributed by atoms with Gasteiger partial charge in [0.25, 0.3) is 0 Å². The quantitative estimate of drug-likeness (QED) is 0.598. The van der Waals surface area contributed by atoms with Crippen LogP contribution in [0.15, 0.2) is 39.1 Å². The minimum Gasteiger partial charge on any atom is -0.459 e. The molecule has 1 atom stereocenters. The average Bonchev–Trinajstić information content (AvgIpc) is 2.26. The molecule has 1 aromatic rings. The lowest BCUT2D eigenvalue weighted by atomic mass is 10.2. The molecule has 0 fully saturated rings. The summed E-state index contributed by atoms with van der Waals surface area (Å²) in [6.45, 7) is 4.07. The zero-order chi connectivity index (χ0) is 12.8. The van der Waals surface area contributed by atoms with E-state index in [4.69, 9.17) is 16.0 Å². The van der Waals surface area contributed by atoms with Gasteiger partial charge < -0.3 is 4.42 Å². The van der Waals surface area contributed by atoms with Crippen molar-refractivity contribution in [3.05, 3.63) is 51.6 Å². The Morgan fingerprint density at radius 3 is 2.88 bits per heavy atom. The molecule has 0 bridgehead atoms. The lowest BCUT2D eigenvalue weighted by molar-refractivity contribution is 0.499. The lowest BCUT2D eigenvalue weighted by Crippen LogP contribution is -2.00. The van der Waals surface area contributed by atoms with E-state index in [1.54, 1.807) is 6.08 Å². The molecule has 17 heavy (non-hydrogen) atoms. The van der Waals surface area contributed by atoms with Crippen LogP contribution < -0.4 is 5.43 Å². The van der Waals surface area contributed by atoms with Crippen molar-refractivity contribution < 1.29 is 4.42 Å². The van der Waals surface area contributed by atoms with Crippen molar-refractivity contribution >= 4 is 33.6 Å². The number of alkyl halides is 2. The minimum absolute atomic E-state index is 0.117. The molecule has 0 aliphatic carbocycles. The van der Waals surface area contributed by atoms with Crippen LogP contribution in [-0.4, -0.2) is 0 Å². The van der Waals surface area contributed by atoms with Gasteiger partial charge >= 0.3 is 0 Å². The largest absolute Gasteiger partial charge is 0.459 e. The third-order valence-corrected chi connectivity index (χ3v) is 2.72. The molecular weight excluding hydrogens is 303 g/mol. The maximum atomic E-state index is 11.4. The van der Waals surface area contributed by atoms with Crippen LogP contribution in [0.5, 0.6) is 0 Å². The van der Waals surface area contributed by atoms with E-state index in [-0.39, 0.29) is 5.43 Å². The topological polar surface area (TPSA) is 30.2 Å². The van der Waals surface area contributed by atoms with E-state index >= 15 is 0 Å². The summed E-state index contributed by atoms with van der Waals surface area (Å²) in [5.41, 5.74) is 1.01. The van der Waals surface area contributed by atoms with Gasteiger partial charge in [0.2, 0.25) is 0 Å². The summed E-state index contributed by atoms with van der Waals surface area (Å²) < 4.78 is 4.97. The van der Waals surface area contributed by atoms with Crippen molar-refractivity contribution in [2.24, 2.45) is 0 Å². The van der Waals surface area contributed by atoms with Crippen LogP contribution in [0.1, 0.15) is 36.1 Å². The van der Waals surface area contributed by atoms with E-state index in [0.29, 0.717) is 11.5 Å². The van der Waals surface area contributed by atoms with E-state index in [2.05, 4.69) is 28.9 Å². The van der Waals surface area contributed by atoms with Gasteiger partial charge in [-0.3, -0.25) is 4.79 Å². The van der Waals surface area contributed by atoms with E-state index < -0.39 is 4.29 Å². The standard InChI is InChI=1S/C13H14BrClO2/c1-3-4-9(2)5-6-11-7-10(16)8-12(17-11)13(14)15/h4-8,13H,3H2,1-2H3/b6-5+,9-4+. The Labute approximate surface area is 114 Å². The Morgan fingerprint density at radius 2 is 2.29 bits per heavy atom. The molecule has 2 nitrogen and oxygen atoms in total. The number of hydrogen-bond donors (Lipinski definition) is 0. The van der Waals surface area contributed by atoms with Crippen LogP contribution in [0.4, 0.5) is 0 Å². The Hall–Kier alpha value is -0.800. The van der Waals surface area contributed by atoms with Gasteiger partial charge in [-0.05, 0) is 19.4 Å². The molecule has 0 saturated heterocycles. The highest BCUT2D eigenvalue weighted by atomic mass is 79.9. The van der Waals surface area contributed by atoms with E-state index in [9.17, 15) is 4.79 Å². The van der Waals surface area contributed by atoms with Crippen molar-refractivity contribution in [3.8, 4) is 0 Å². The summed E-state index contributed by atoms with van der Waals surface area (Å²) in [7, 11) is 0. The molecular formula is C13H14BrClO2. The van der Waals surface area contributed by atoms with Crippen LogP contribution in [0, 0.1) is 0 Å². The first-order valence-electron chi connectivity index (χ1n) is 5.31. The SMILES string of the molecule is CC/C=C(C)/C=C/c1cc(=O)cc(C(Cl)Br)o1. The third-order valence-electron chi connectivity index (χ3n) is 2.06. The molecule has 92 valence electrons. The van der Waals surface area contributed by atoms with Crippen molar-refractivity contribution in [1.82, 2.24) is 0 Å². The number of rotatable bonds is 4. The van der Waals surface area contributed by atoms with Crippen LogP contribution in [-0.2, 0) is 0 Å². The van der Waals surface area contributed by atoms with E-state index in [1.807, 2.05) is 13.0 Å². The maximum Gasteiger partial charge on any atom is 0.185 e. The molecule has 0 aromatic carbocycles. The summed E-state index contributed by atoms with van der Waals surface area (Å²) in [5, 5.41) is 0. The van der Waals surface area contributed by atoms with Gasteiger partial charge in [0, 0.05) is 12.1 Å². The molecule has 0 aliphatic heterocycles. The second-order valence-electron chi connectivity index (χ2n) is 3.59. The predicted octanol–water partition coefficient (Wildman–Crippen LogP) is 4.64. The van der Waals surface area contributed by atoms with Crippen molar-refractivity contribution in [2.45, 2.75) is 24.6 Å². The highest BCUT2D eigenvalue weighted by Crippen LogP contribution is 2.26. The fourth-order valence-electron chi connectivity index (χ4n) is 1.31. The first-order chi connectivity index (χ1) is 8.02. The van der Waals surface area contributed by atoms with Gasteiger partial charge in [-0.15, -0.1) is 11.6 Å². The van der Waals surface area contributed by atoms with E-state index in [1.165, 1.54) is 12.1 Å². The summed E-state index contributed by atoms with van der Waals surface area (Å²) >= 11 is 8.96. The molecule has 0 radical (unpaired) electrons. The Morgan fingerprint density at radius 1 is 1.59 bits per heavy atom. The van der Waals surface area contributed by atoms with Gasteiger partial charge in [0.05, 0.1) is 0 Å². The number of hydrogen-bond acceptors (Lipinski definition) is 2. The molecule has 1 aromatic heterocycles. The summed E-state index contributed by atoms with van der Waals surface area (Å²) in [6, 6.07) is 2.81. The van der Waals surface area contributed by atoms with Gasteiger partial charge in [-0.1, -0.05) is 40.6 Å². The first kappa shape index (κ1) is 14.3. The number of halogens is 2. The van der Waals surface area contributed by atoms with Gasteiger partial charge in [0.1, 0.15) is 15.8 Å². The molecule has 0 N–H and O–H groups in total.